The molecule has 2 N–H and O–H groups in total. The topological polar surface area (TPSA) is 104 Å². The van der Waals surface area contributed by atoms with Crippen molar-refractivity contribution < 1.29 is 33.3 Å². The molecule has 2 saturated carbocycles. The summed E-state index contributed by atoms with van der Waals surface area (Å²) in [6, 6.07) is 6.61. The smallest absolute Gasteiger partial charge is 0.271 e. The van der Waals surface area contributed by atoms with Gasteiger partial charge in [-0.3, -0.25) is 20.4 Å². The lowest BCUT2D eigenvalue weighted by Gasteiger charge is -2.36. The van der Waals surface area contributed by atoms with E-state index >= 15 is 0 Å². The van der Waals surface area contributed by atoms with E-state index in [9.17, 15) is 9.59 Å². The highest BCUT2D eigenvalue weighted by Crippen LogP contribution is 2.50. The molecule has 0 bridgehead atoms. The van der Waals surface area contributed by atoms with Gasteiger partial charge in [0.15, 0.2) is 24.0 Å². The molecular weight excluding hydrogens is 476 g/mol. The molecule has 6 rings (SSSR count). The Morgan fingerprint density at radius 1 is 0.771 bits per heavy atom. The molecule has 2 spiro atoms. The molecule has 3 aliphatic heterocycles. The quantitative estimate of drug-likeness (QED) is 0.593. The molecule has 1 unspecified atom stereocenters. The number of nitrogens with one attached hydrogen (secondary N) is 2. The fourth-order valence-electron chi connectivity index (χ4n) is 6.07. The fourth-order valence-corrected chi connectivity index (χ4v) is 6.29. The Balaban J connectivity index is 1.20. The van der Waals surface area contributed by atoms with Gasteiger partial charge < -0.3 is 23.7 Å². The van der Waals surface area contributed by atoms with Crippen molar-refractivity contribution in [3.8, 4) is 0 Å². The van der Waals surface area contributed by atoms with Gasteiger partial charge in [0.25, 0.3) is 11.8 Å². The van der Waals surface area contributed by atoms with Crippen LogP contribution >= 0.6 is 11.6 Å². The van der Waals surface area contributed by atoms with Gasteiger partial charge in [-0.15, -0.1) is 0 Å². The predicted octanol–water partition coefficient (Wildman–Crippen LogP) is 3.35. The van der Waals surface area contributed by atoms with Crippen LogP contribution < -0.4 is 10.9 Å². The Hall–Kier alpha value is -1.75. The minimum Gasteiger partial charge on any atom is -0.341 e. The molecule has 35 heavy (non-hydrogen) atoms. The zero-order valence-corrected chi connectivity index (χ0v) is 20.3. The van der Waals surface area contributed by atoms with Crippen molar-refractivity contribution in [2.24, 2.45) is 0 Å². The standard InChI is InChI=1S/C25H31ClN2O7/c26-16-10-4-3-9-15(16)21(29)27-28-22(30)19-17-18(33-24(32-17)11-5-1-6-12-24)20-23(31-19)35-25(34-20)13-7-2-8-14-25/h3-4,9-10,17-20,23H,1-2,5-8,11-14H2,(H,27,29)(H,28,30)/t17-,18+,19?,20-,23-/m1/s1. The predicted molar refractivity (Wildman–Crippen MR) is 123 cm³/mol. The molecule has 3 saturated heterocycles. The number of ether oxygens (including phenoxy) is 5. The van der Waals surface area contributed by atoms with E-state index in [2.05, 4.69) is 10.9 Å². The molecule has 1 aromatic rings. The van der Waals surface area contributed by atoms with Crippen LogP contribution in [0.25, 0.3) is 0 Å². The molecule has 5 atom stereocenters. The molecule has 0 radical (unpaired) electrons. The lowest BCUT2D eigenvalue weighted by atomic mass is 9.94. The first-order chi connectivity index (χ1) is 17.0. The number of hydrogen-bond donors (Lipinski definition) is 2. The molecule has 5 aliphatic rings. The first-order valence-electron chi connectivity index (χ1n) is 12.7. The normalized spacial score (nSPS) is 34.8. The Bertz CT molecular complexity index is 978. The van der Waals surface area contributed by atoms with E-state index in [-0.39, 0.29) is 10.6 Å². The van der Waals surface area contributed by atoms with Crippen molar-refractivity contribution in [3.05, 3.63) is 34.9 Å². The van der Waals surface area contributed by atoms with Crippen LogP contribution in [0.2, 0.25) is 5.02 Å². The molecule has 190 valence electrons. The number of halogens is 1. The van der Waals surface area contributed by atoms with Gasteiger partial charge in [0, 0.05) is 25.7 Å². The summed E-state index contributed by atoms with van der Waals surface area (Å²) >= 11 is 6.11. The van der Waals surface area contributed by atoms with Crippen LogP contribution in [0.3, 0.4) is 0 Å². The molecule has 1 aromatic carbocycles. The van der Waals surface area contributed by atoms with E-state index in [1.165, 1.54) is 0 Å². The lowest BCUT2D eigenvalue weighted by Crippen LogP contribution is -2.61. The van der Waals surface area contributed by atoms with Crippen molar-refractivity contribution in [3.63, 3.8) is 0 Å². The summed E-state index contributed by atoms with van der Waals surface area (Å²) in [5, 5.41) is 0.289. The van der Waals surface area contributed by atoms with E-state index in [1.54, 1.807) is 24.3 Å². The van der Waals surface area contributed by atoms with Gasteiger partial charge in [0.1, 0.15) is 18.3 Å². The maximum Gasteiger partial charge on any atom is 0.271 e. The average Bonchev–Trinajstić information content (AvgIpc) is 3.40. The summed E-state index contributed by atoms with van der Waals surface area (Å²) < 4.78 is 31.9. The van der Waals surface area contributed by atoms with Crippen LogP contribution in [0.15, 0.2) is 24.3 Å². The highest BCUT2D eigenvalue weighted by molar-refractivity contribution is 6.33. The first kappa shape index (κ1) is 23.6. The summed E-state index contributed by atoms with van der Waals surface area (Å²) in [6.07, 6.45) is 6.02. The van der Waals surface area contributed by atoms with Crippen molar-refractivity contribution in [1.29, 1.82) is 0 Å². The maximum atomic E-state index is 13.3. The van der Waals surface area contributed by atoms with E-state index in [4.69, 9.17) is 35.3 Å². The molecular formula is C25H31ClN2O7. The third-order valence-electron chi connectivity index (χ3n) is 7.79. The number of hydrogen-bond acceptors (Lipinski definition) is 7. The Morgan fingerprint density at radius 3 is 2.06 bits per heavy atom. The number of amides is 2. The van der Waals surface area contributed by atoms with Gasteiger partial charge in [0.05, 0.1) is 10.6 Å². The molecule has 2 aliphatic carbocycles. The summed E-state index contributed by atoms with van der Waals surface area (Å²) in [6.45, 7) is 0. The lowest BCUT2D eigenvalue weighted by molar-refractivity contribution is -0.247. The number of hydrazine groups is 1. The third kappa shape index (κ3) is 4.36. The molecule has 3 heterocycles. The van der Waals surface area contributed by atoms with Gasteiger partial charge in [-0.2, -0.15) is 0 Å². The second-order valence-electron chi connectivity index (χ2n) is 10.2. The van der Waals surface area contributed by atoms with Gasteiger partial charge in [-0.05, 0) is 37.8 Å². The van der Waals surface area contributed by atoms with Crippen molar-refractivity contribution in [2.45, 2.75) is 106 Å². The SMILES string of the molecule is O=C(NNC(=O)C1O[C@@H]2OC3(CCCCC3)O[C@@H]2[C@H]2OC3(CCCCC3)O[C@@H]12)c1ccccc1Cl. The maximum absolute atomic E-state index is 13.3. The average molecular weight is 507 g/mol. The highest BCUT2D eigenvalue weighted by atomic mass is 35.5. The van der Waals surface area contributed by atoms with Crippen LogP contribution in [0.5, 0.6) is 0 Å². The molecule has 9 nitrogen and oxygen atoms in total. The van der Waals surface area contributed by atoms with Crippen molar-refractivity contribution in [2.75, 3.05) is 0 Å². The second-order valence-corrected chi connectivity index (χ2v) is 10.6. The van der Waals surface area contributed by atoms with Crippen molar-refractivity contribution >= 4 is 23.4 Å². The number of carbonyl (C=O) groups excluding carboxylic acids is 2. The Labute approximate surface area is 209 Å². The number of carbonyl (C=O) groups is 2. The highest BCUT2D eigenvalue weighted by Gasteiger charge is 2.65. The van der Waals surface area contributed by atoms with E-state index < -0.39 is 54.1 Å². The van der Waals surface area contributed by atoms with E-state index in [0.29, 0.717) is 0 Å². The molecule has 10 heteroatoms. The van der Waals surface area contributed by atoms with Crippen molar-refractivity contribution in [1.82, 2.24) is 10.9 Å². The van der Waals surface area contributed by atoms with Gasteiger partial charge in [-0.25, -0.2) is 0 Å². The summed E-state index contributed by atoms with van der Waals surface area (Å²) in [5.74, 6) is -2.50. The summed E-state index contributed by atoms with van der Waals surface area (Å²) in [5.41, 5.74) is 5.17. The first-order valence-corrected chi connectivity index (χ1v) is 13.1. The van der Waals surface area contributed by atoms with Gasteiger partial charge >= 0.3 is 0 Å². The summed E-state index contributed by atoms with van der Waals surface area (Å²) in [7, 11) is 0. The van der Waals surface area contributed by atoms with Crippen LogP contribution in [0.4, 0.5) is 0 Å². The monoisotopic (exact) mass is 506 g/mol. The van der Waals surface area contributed by atoms with E-state index in [1.807, 2.05) is 0 Å². The largest absolute Gasteiger partial charge is 0.341 e. The number of fused-ring (bicyclic) bond motifs is 3. The minimum absolute atomic E-state index is 0.255. The third-order valence-corrected chi connectivity index (χ3v) is 8.11. The zero-order valence-electron chi connectivity index (χ0n) is 19.5. The minimum atomic E-state index is -1.03. The van der Waals surface area contributed by atoms with E-state index in [0.717, 1.165) is 64.2 Å². The second kappa shape index (κ2) is 9.28. The van der Waals surface area contributed by atoms with Crippen LogP contribution in [0, 0.1) is 0 Å². The van der Waals surface area contributed by atoms with Gasteiger partial charge in [-0.1, -0.05) is 36.6 Å². The van der Waals surface area contributed by atoms with Gasteiger partial charge in [0.2, 0.25) is 0 Å². The molecule has 0 aromatic heterocycles. The molecule has 2 amide bonds. The van der Waals surface area contributed by atoms with Crippen LogP contribution in [-0.4, -0.2) is 54.1 Å². The number of benzene rings is 1. The number of rotatable bonds is 2. The van der Waals surface area contributed by atoms with Crippen LogP contribution in [-0.2, 0) is 28.5 Å². The fraction of sp³-hybridized carbons (Fsp3) is 0.680. The summed E-state index contributed by atoms with van der Waals surface area (Å²) in [4.78, 5) is 25.8. The zero-order chi connectivity index (χ0) is 24.0. The Morgan fingerprint density at radius 2 is 1.37 bits per heavy atom. The van der Waals surface area contributed by atoms with Crippen LogP contribution in [0.1, 0.15) is 74.6 Å². The molecule has 5 fully saturated rings. The Kier molecular flexibility index (Phi) is 6.27.